The summed E-state index contributed by atoms with van der Waals surface area (Å²) in [6.45, 7) is 3.74. The number of aryl methyl sites for hydroxylation is 2. The lowest BCUT2D eigenvalue weighted by Gasteiger charge is -2.03. The number of rotatable bonds is 3. The van der Waals surface area contributed by atoms with Gasteiger partial charge in [-0.2, -0.15) is 5.10 Å². The van der Waals surface area contributed by atoms with Crippen LogP contribution in [0.3, 0.4) is 0 Å². The molecule has 0 spiro atoms. The Morgan fingerprint density at radius 3 is 2.72 bits per heavy atom. The third kappa shape index (κ3) is 2.16. The Balaban J connectivity index is 2.30. The largest absolute Gasteiger partial charge is 0.294 e. The van der Waals surface area contributed by atoms with Gasteiger partial charge in [0, 0.05) is 30.9 Å². The Morgan fingerprint density at radius 2 is 2.17 bits per heavy atom. The topological polar surface area (TPSA) is 47.8 Å². The summed E-state index contributed by atoms with van der Waals surface area (Å²) in [5.41, 5.74) is 2.67. The quantitative estimate of drug-likeness (QED) is 0.779. The highest BCUT2D eigenvalue weighted by Crippen LogP contribution is 2.16. The average molecular weight is 247 g/mol. The lowest BCUT2D eigenvalue weighted by atomic mass is 10.0. The van der Waals surface area contributed by atoms with Crippen molar-refractivity contribution in [3.8, 4) is 0 Å². The van der Waals surface area contributed by atoms with Gasteiger partial charge in [0.15, 0.2) is 11.6 Å². The second kappa shape index (κ2) is 4.68. The number of aromatic nitrogens is 3. The van der Waals surface area contributed by atoms with E-state index >= 15 is 0 Å². The number of hydrogen-bond acceptors (Lipinski definition) is 3. The predicted octanol–water partition coefficient (Wildman–Crippen LogP) is 2.00. The van der Waals surface area contributed by atoms with E-state index < -0.39 is 5.82 Å². The van der Waals surface area contributed by atoms with Crippen LogP contribution < -0.4 is 0 Å². The van der Waals surface area contributed by atoms with Crippen LogP contribution in [0.15, 0.2) is 18.5 Å². The number of hydrogen-bond donors (Lipinski definition) is 0. The number of carbonyl (C=O) groups excluding carboxylic acids is 1. The monoisotopic (exact) mass is 247 g/mol. The Kier molecular flexibility index (Phi) is 3.23. The maximum absolute atomic E-state index is 13.4. The van der Waals surface area contributed by atoms with Crippen LogP contribution in [0.5, 0.6) is 0 Å². The van der Waals surface area contributed by atoms with Gasteiger partial charge in [0.1, 0.15) is 0 Å². The molecule has 0 aliphatic carbocycles. The molecule has 0 fully saturated rings. The van der Waals surface area contributed by atoms with E-state index in [-0.39, 0.29) is 17.8 Å². The van der Waals surface area contributed by atoms with E-state index in [1.807, 2.05) is 20.9 Å². The minimum Gasteiger partial charge on any atom is -0.294 e. The fraction of sp³-hybridized carbons (Fsp3) is 0.308. The summed E-state index contributed by atoms with van der Waals surface area (Å²) in [5, 5.41) is 4.24. The van der Waals surface area contributed by atoms with E-state index in [9.17, 15) is 9.18 Å². The highest BCUT2D eigenvalue weighted by Gasteiger charge is 2.17. The van der Waals surface area contributed by atoms with Crippen LogP contribution >= 0.6 is 0 Å². The van der Waals surface area contributed by atoms with Crippen LogP contribution in [-0.4, -0.2) is 20.5 Å². The molecule has 0 N–H and O–H groups in total. The van der Waals surface area contributed by atoms with Crippen molar-refractivity contribution >= 4 is 5.78 Å². The van der Waals surface area contributed by atoms with Crippen molar-refractivity contribution in [1.82, 2.24) is 14.8 Å². The fourth-order valence-corrected chi connectivity index (χ4v) is 1.93. The first-order valence-electron chi connectivity index (χ1n) is 5.62. The zero-order valence-electron chi connectivity index (χ0n) is 10.6. The second-order valence-electron chi connectivity index (χ2n) is 4.23. The van der Waals surface area contributed by atoms with Crippen LogP contribution in [0.25, 0.3) is 0 Å². The number of halogens is 1. The van der Waals surface area contributed by atoms with Gasteiger partial charge >= 0.3 is 0 Å². The van der Waals surface area contributed by atoms with Gasteiger partial charge < -0.3 is 0 Å². The van der Waals surface area contributed by atoms with Gasteiger partial charge in [-0.05, 0) is 19.9 Å². The standard InChI is InChI=1S/C13H14FN3O/c1-8-11(9(2)17(3)16-8)6-13(18)10-4-5-15-7-12(10)14/h4-5,7H,6H2,1-3H3. The van der Waals surface area contributed by atoms with Crippen molar-refractivity contribution in [2.24, 2.45) is 7.05 Å². The van der Waals surface area contributed by atoms with Crippen molar-refractivity contribution in [1.29, 1.82) is 0 Å². The van der Waals surface area contributed by atoms with E-state index in [0.717, 1.165) is 23.1 Å². The molecule has 0 radical (unpaired) electrons. The third-order valence-corrected chi connectivity index (χ3v) is 3.07. The molecule has 18 heavy (non-hydrogen) atoms. The first-order chi connectivity index (χ1) is 8.50. The van der Waals surface area contributed by atoms with E-state index in [2.05, 4.69) is 10.1 Å². The zero-order chi connectivity index (χ0) is 13.3. The first-order valence-corrected chi connectivity index (χ1v) is 5.62. The van der Waals surface area contributed by atoms with E-state index in [0.29, 0.717) is 0 Å². The Bertz CT molecular complexity index is 604. The van der Waals surface area contributed by atoms with E-state index in [1.165, 1.54) is 12.3 Å². The van der Waals surface area contributed by atoms with Crippen molar-refractivity contribution in [2.45, 2.75) is 20.3 Å². The second-order valence-corrected chi connectivity index (χ2v) is 4.23. The van der Waals surface area contributed by atoms with Crippen molar-refractivity contribution in [3.05, 3.63) is 46.8 Å². The van der Waals surface area contributed by atoms with Crippen molar-refractivity contribution in [3.63, 3.8) is 0 Å². The summed E-state index contributed by atoms with van der Waals surface area (Å²) in [6, 6.07) is 1.40. The smallest absolute Gasteiger partial charge is 0.170 e. The molecular weight excluding hydrogens is 233 g/mol. The molecular formula is C13H14FN3O. The fourth-order valence-electron chi connectivity index (χ4n) is 1.93. The maximum Gasteiger partial charge on any atom is 0.170 e. The van der Waals surface area contributed by atoms with Gasteiger partial charge in [-0.25, -0.2) is 4.39 Å². The Labute approximate surface area is 104 Å². The highest BCUT2D eigenvalue weighted by molar-refractivity contribution is 5.97. The highest BCUT2D eigenvalue weighted by atomic mass is 19.1. The Hall–Kier alpha value is -2.04. The van der Waals surface area contributed by atoms with Gasteiger partial charge in [-0.1, -0.05) is 0 Å². The average Bonchev–Trinajstić information content (AvgIpc) is 2.56. The van der Waals surface area contributed by atoms with Gasteiger partial charge in [0.25, 0.3) is 0 Å². The van der Waals surface area contributed by atoms with Gasteiger partial charge in [-0.3, -0.25) is 14.5 Å². The lowest BCUT2D eigenvalue weighted by molar-refractivity contribution is 0.0988. The number of carbonyl (C=O) groups is 1. The molecule has 0 unspecified atom stereocenters. The summed E-state index contributed by atoms with van der Waals surface area (Å²) < 4.78 is 15.2. The first kappa shape index (κ1) is 12.4. The predicted molar refractivity (Wildman–Crippen MR) is 64.9 cm³/mol. The summed E-state index contributed by atoms with van der Waals surface area (Å²) in [7, 11) is 1.82. The Morgan fingerprint density at radius 1 is 1.44 bits per heavy atom. The molecule has 2 aromatic rings. The molecule has 2 heterocycles. The summed E-state index contributed by atoms with van der Waals surface area (Å²) in [5.74, 6) is -0.837. The maximum atomic E-state index is 13.4. The molecule has 2 aromatic heterocycles. The SMILES string of the molecule is Cc1nn(C)c(C)c1CC(=O)c1ccncc1F. The van der Waals surface area contributed by atoms with Crippen LogP contribution in [-0.2, 0) is 13.5 Å². The molecule has 4 nitrogen and oxygen atoms in total. The molecule has 0 bridgehead atoms. The molecule has 2 rings (SSSR count). The van der Waals surface area contributed by atoms with Gasteiger partial charge in [0.05, 0.1) is 17.5 Å². The molecule has 0 atom stereocenters. The van der Waals surface area contributed by atoms with Gasteiger partial charge in [-0.15, -0.1) is 0 Å². The molecule has 5 heteroatoms. The van der Waals surface area contributed by atoms with Crippen LogP contribution in [0.2, 0.25) is 0 Å². The molecule has 0 saturated carbocycles. The van der Waals surface area contributed by atoms with Gasteiger partial charge in [0.2, 0.25) is 0 Å². The van der Waals surface area contributed by atoms with E-state index in [1.54, 1.807) is 4.68 Å². The molecule has 0 amide bonds. The van der Waals surface area contributed by atoms with Crippen LogP contribution in [0.4, 0.5) is 4.39 Å². The lowest BCUT2D eigenvalue weighted by Crippen LogP contribution is -2.08. The van der Waals surface area contributed by atoms with Crippen LogP contribution in [0, 0.1) is 19.7 Å². The summed E-state index contributed by atoms with van der Waals surface area (Å²) in [6.07, 6.45) is 2.63. The third-order valence-electron chi connectivity index (χ3n) is 3.07. The zero-order valence-corrected chi connectivity index (χ0v) is 10.6. The van der Waals surface area contributed by atoms with Crippen molar-refractivity contribution in [2.75, 3.05) is 0 Å². The molecule has 0 saturated heterocycles. The minimum absolute atomic E-state index is 0.0765. The van der Waals surface area contributed by atoms with Crippen LogP contribution in [0.1, 0.15) is 27.3 Å². The summed E-state index contributed by atoms with van der Waals surface area (Å²) >= 11 is 0. The number of ketones is 1. The summed E-state index contributed by atoms with van der Waals surface area (Å²) in [4.78, 5) is 15.7. The number of nitrogens with zero attached hydrogens (tertiary/aromatic N) is 3. The molecule has 0 aliphatic heterocycles. The molecule has 0 aliphatic rings. The van der Waals surface area contributed by atoms with E-state index in [4.69, 9.17) is 0 Å². The minimum atomic E-state index is -0.582. The molecule has 94 valence electrons. The van der Waals surface area contributed by atoms with Crippen molar-refractivity contribution < 1.29 is 9.18 Å². The molecule has 0 aromatic carbocycles. The normalized spacial score (nSPS) is 10.7. The number of Topliss-reactive ketones (excluding diaryl/α,β-unsaturated/α-hetero) is 1. The number of pyridine rings is 1.